The second-order valence-corrected chi connectivity index (χ2v) is 6.51. The van der Waals surface area contributed by atoms with E-state index < -0.39 is 0 Å². The molecule has 0 aromatic heterocycles. The number of carbonyl (C=O) groups is 1. The van der Waals surface area contributed by atoms with E-state index in [0.717, 1.165) is 38.3 Å². The topological polar surface area (TPSA) is 35.6 Å². The van der Waals surface area contributed by atoms with Crippen molar-refractivity contribution >= 4 is 29.1 Å². The van der Waals surface area contributed by atoms with Crippen LogP contribution in [-0.4, -0.2) is 55.0 Å². The Labute approximate surface area is 142 Å². The Balaban J connectivity index is 1.84. The van der Waals surface area contributed by atoms with Gasteiger partial charge in [-0.3, -0.25) is 9.69 Å². The van der Waals surface area contributed by atoms with E-state index in [0.29, 0.717) is 16.6 Å². The number of nitrogens with one attached hydrogen (secondary N) is 1. The number of hydrogen-bond acceptors (Lipinski definition) is 3. The van der Waals surface area contributed by atoms with Gasteiger partial charge in [0.2, 0.25) is 5.91 Å². The average molecular weight is 344 g/mol. The van der Waals surface area contributed by atoms with Gasteiger partial charge in [-0.2, -0.15) is 0 Å². The van der Waals surface area contributed by atoms with Crippen LogP contribution in [0.3, 0.4) is 0 Å². The highest BCUT2D eigenvalue weighted by atomic mass is 35.5. The molecule has 22 heavy (non-hydrogen) atoms. The summed E-state index contributed by atoms with van der Waals surface area (Å²) in [6.45, 7) is 9.56. The molecule has 1 aliphatic heterocycles. The first kappa shape index (κ1) is 17.5. The fourth-order valence-electron chi connectivity index (χ4n) is 2.68. The largest absolute Gasteiger partial charge is 0.348 e. The molecule has 1 amide bonds. The lowest BCUT2D eigenvalue weighted by atomic mass is 10.1. The molecule has 0 bridgehead atoms. The number of rotatable bonds is 5. The van der Waals surface area contributed by atoms with Crippen LogP contribution < -0.4 is 5.32 Å². The Morgan fingerprint density at radius 1 is 1.23 bits per heavy atom. The summed E-state index contributed by atoms with van der Waals surface area (Å²) in [7, 11) is 0. The molecule has 1 heterocycles. The van der Waals surface area contributed by atoms with Gasteiger partial charge >= 0.3 is 0 Å². The van der Waals surface area contributed by atoms with Crippen LogP contribution in [0, 0.1) is 0 Å². The van der Waals surface area contributed by atoms with Gasteiger partial charge < -0.3 is 10.2 Å². The van der Waals surface area contributed by atoms with Crippen molar-refractivity contribution in [2.75, 3.05) is 39.3 Å². The van der Waals surface area contributed by atoms with Crippen molar-refractivity contribution in [3.05, 3.63) is 33.8 Å². The van der Waals surface area contributed by atoms with Gasteiger partial charge in [0.05, 0.1) is 12.6 Å². The molecule has 1 aromatic rings. The zero-order valence-electron chi connectivity index (χ0n) is 13.1. The van der Waals surface area contributed by atoms with Gasteiger partial charge in [0.25, 0.3) is 0 Å². The van der Waals surface area contributed by atoms with Crippen molar-refractivity contribution in [3.8, 4) is 0 Å². The molecular formula is C16H23Cl2N3O. The fourth-order valence-corrected chi connectivity index (χ4v) is 3.26. The Morgan fingerprint density at radius 2 is 1.86 bits per heavy atom. The van der Waals surface area contributed by atoms with Crippen molar-refractivity contribution in [1.29, 1.82) is 0 Å². The molecule has 0 spiro atoms. The summed E-state index contributed by atoms with van der Waals surface area (Å²) in [4.78, 5) is 16.8. The number of piperazine rings is 1. The minimum absolute atomic E-state index is 0.0310. The maximum Gasteiger partial charge on any atom is 0.234 e. The van der Waals surface area contributed by atoms with Crippen molar-refractivity contribution in [2.24, 2.45) is 0 Å². The predicted molar refractivity (Wildman–Crippen MR) is 91.6 cm³/mol. The van der Waals surface area contributed by atoms with E-state index in [1.807, 2.05) is 13.0 Å². The minimum atomic E-state index is -0.130. The third-order valence-electron chi connectivity index (χ3n) is 4.09. The normalized spacial score (nSPS) is 18.2. The van der Waals surface area contributed by atoms with Crippen LogP contribution in [0.15, 0.2) is 18.2 Å². The third-order valence-corrected chi connectivity index (χ3v) is 4.65. The monoisotopic (exact) mass is 343 g/mol. The summed E-state index contributed by atoms with van der Waals surface area (Å²) in [5.74, 6) is 0.0310. The smallest absolute Gasteiger partial charge is 0.234 e. The number of likely N-dealkylation sites (N-methyl/N-ethyl adjacent to an activating group) is 1. The standard InChI is InChI=1S/C16H23Cl2N3O/c1-3-20-6-8-21(9-7-20)11-16(22)19-12(2)14-5-4-13(17)10-15(14)18/h4-5,10,12H,3,6-9,11H2,1-2H3,(H,19,22)/t12-/m0/s1. The summed E-state index contributed by atoms with van der Waals surface area (Å²) >= 11 is 12.1. The molecule has 1 N–H and O–H groups in total. The van der Waals surface area contributed by atoms with Crippen LogP contribution in [0.2, 0.25) is 10.0 Å². The van der Waals surface area contributed by atoms with Gasteiger partial charge in [-0.05, 0) is 31.2 Å². The summed E-state index contributed by atoms with van der Waals surface area (Å²) in [5.41, 5.74) is 0.884. The zero-order chi connectivity index (χ0) is 16.1. The van der Waals surface area contributed by atoms with E-state index in [2.05, 4.69) is 22.0 Å². The summed E-state index contributed by atoms with van der Waals surface area (Å²) < 4.78 is 0. The second-order valence-electron chi connectivity index (χ2n) is 5.67. The van der Waals surface area contributed by atoms with E-state index >= 15 is 0 Å². The summed E-state index contributed by atoms with van der Waals surface area (Å²) in [6.07, 6.45) is 0. The molecule has 4 nitrogen and oxygen atoms in total. The Kier molecular flexibility index (Phi) is 6.50. The average Bonchev–Trinajstić information content (AvgIpc) is 2.47. The summed E-state index contributed by atoms with van der Waals surface area (Å²) in [6, 6.07) is 5.21. The molecular weight excluding hydrogens is 321 g/mol. The molecule has 1 aliphatic rings. The lowest BCUT2D eigenvalue weighted by Crippen LogP contribution is -2.49. The molecule has 1 fully saturated rings. The van der Waals surface area contributed by atoms with E-state index in [4.69, 9.17) is 23.2 Å². The molecule has 1 aromatic carbocycles. The number of carbonyl (C=O) groups excluding carboxylic acids is 1. The molecule has 1 saturated heterocycles. The number of halogens is 2. The van der Waals surface area contributed by atoms with Gasteiger partial charge in [0.15, 0.2) is 0 Å². The zero-order valence-corrected chi connectivity index (χ0v) is 14.6. The van der Waals surface area contributed by atoms with Gasteiger partial charge in [-0.25, -0.2) is 0 Å². The fraction of sp³-hybridized carbons (Fsp3) is 0.562. The first-order chi connectivity index (χ1) is 10.5. The molecule has 0 unspecified atom stereocenters. The molecule has 6 heteroatoms. The Morgan fingerprint density at radius 3 is 2.45 bits per heavy atom. The van der Waals surface area contributed by atoms with E-state index in [1.54, 1.807) is 12.1 Å². The van der Waals surface area contributed by atoms with Gasteiger partial charge in [-0.15, -0.1) is 0 Å². The van der Waals surface area contributed by atoms with Crippen LogP contribution in [0.1, 0.15) is 25.5 Å². The van der Waals surface area contributed by atoms with Crippen molar-refractivity contribution < 1.29 is 4.79 Å². The number of hydrogen-bond donors (Lipinski definition) is 1. The molecule has 1 atom stereocenters. The summed E-state index contributed by atoms with van der Waals surface area (Å²) in [5, 5.41) is 4.19. The SMILES string of the molecule is CCN1CCN(CC(=O)N[C@@H](C)c2ccc(Cl)cc2Cl)CC1. The minimum Gasteiger partial charge on any atom is -0.348 e. The van der Waals surface area contributed by atoms with Crippen molar-refractivity contribution in [1.82, 2.24) is 15.1 Å². The number of benzene rings is 1. The molecule has 2 rings (SSSR count). The lowest BCUT2D eigenvalue weighted by molar-refractivity contribution is -0.123. The highest BCUT2D eigenvalue weighted by Crippen LogP contribution is 2.26. The van der Waals surface area contributed by atoms with Gasteiger partial charge in [0.1, 0.15) is 0 Å². The lowest BCUT2D eigenvalue weighted by Gasteiger charge is -2.33. The highest BCUT2D eigenvalue weighted by Gasteiger charge is 2.19. The maximum absolute atomic E-state index is 12.2. The quantitative estimate of drug-likeness (QED) is 0.892. The maximum atomic E-state index is 12.2. The third kappa shape index (κ3) is 4.85. The van der Waals surface area contributed by atoms with E-state index in [1.165, 1.54) is 0 Å². The molecule has 0 radical (unpaired) electrons. The first-order valence-corrected chi connectivity index (χ1v) is 8.44. The van der Waals surface area contributed by atoms with E-state index in [9.17, 15) is 4.79 Å². The van der Waals surface area contributed by atoms with Gasteiger partial charge in [-0.1, -0.05) is 36.2 Å². The second kappa shape index (κ2) is 8.16. The Bertz CT molecular complexity index is 516. The van der Waals surface area contributed by atoms with Crippen LogP contribution in [0.4, 0.5) is 0 Å². The first-order valence-electron chi connectivity index (χ1n) is 7.68. The van der Waals surface area contributed by atoms with Crippen LogP contribution in [0.25, 0.3) is 0 Å². The van der Waals surface area contributed by atoms with Crippen LogP contribution >= 0.6 is 23.2 Å². The highest BCUT2D eigenvalue weighted by molar-refractivity contribution is 6.35. The molecule has 122 valence electrons. The number of nitrogens with zero attached hydrogens (tertiary/aromatic N) is 2. The van der Waals surface area contributed by atoms with Crippen LogP contribution in [-0.2, 0) is 4.79 Å². The van der Waals surface area contributed by atoms with E-state index in [-0.39, 0.29) is 11.9 Å². The van der Waals surface area contributed by atoms with Crippen LogP contribution in [0.5, 0.6) is 0 Å². The molecule has 0 saturated carbocycles. The molecule has 0 aliphatic carbocycles. The van der Waals surface area contributed by atoms with Gasteiger partial charge in [0, 0.05) is 36.2 Å². The van der Waals surface area contributed by atoms with Crippen molar-refractivity contribution in [3.63, 3.8) is 0 Å². The predicted octanol–water partition coefficient (Wildman–Crippen LogP) is 2.81. The van der Waals surface area contributed by atoms with Crippen molar-refractivity contribution in [2.45, 2.75) is 19.9 Å². The Hall–Kier alpha value is -0.810. The number of amides is 1.